The van der Waals surface area contributed by atoms with E-state index in [9.17, 15) is 14.0 Å². The van der Waals surface area contributed by atoms with E-state index < -0.39 is 18.0 Å². The lowest BCUT2D eigenvalue weighted by atomic mass is 10.1. The van der Waals surface area contributed by atoms with Crippen LogP contribution in [0.5, 0.6) is 5.75 Å². The molecule has 0 saturated heterocycles. The number of carbonyl (C=O) groups excluding carboxylic acids is 2. The molecule has 0 aliphatic carbocycles. The number of nitrogens with one attached hydrogen (secondary N) is 1. The number of amides is 1. The number of anilines is 1. The molecule has 0 aromatic heterocycles. The molecule has 1 atom stereocenters. The predicted octanol–water partition coefficient (Wildman–Crippen LogP) is 3.73. The standard InChI is InChI=1S/C20H22FNO4/c1-3-25-18-11-9-17(10-12-18)22-20(24)14(2)26-19(23)13-6-15-4-7-16(21)8-5-15/h4-5,7-12,14H,3,6,13H2,1-2H3,(H,22,24)/t14-/m1/s1. The van der Waals surface area contributed by atoms with Crippen LogP contribution in [0.3, 0.4) is 0 Å². The van der Waals surface area contributed by atoms with E-state index in [1.807, 2.05) is 6.92 Å². The van der Waals surface area contributed by atoms with Gasteiger partial charge in [-0.1, -0.05) is 12.1 Å². The minimum absolute atomic E-state index is 0.117. The normalized spacial score (nSPS) is 11.5. The zero-order valence-electron chi connectivity index (χ0n) is 14.8. The van der Waals surface area contributed by atoms with Crippen molar-refractivity contribution in [2.45, 2.75) is 32.8 Å². The first kappa shape index (κ1) is 19.4. The van der Waals surface area contributed by atoms with Crippen LogP contribution in [-0.2, 0) is 20.7 Å². The molecule has 5 nitrogen and oxygen atoms in total. The van der Waals surface area contributed by atoms with Crippen molar-refractivity contribution in [3.8, 4) is 5.75 Å². The molecular formula is C20H22FNO4. The minimum Gasteiger partial charge on any atom is -0.494 e. The summed E-state index contributed by atoms with van der Waals surface area (Å²) in [5.41, 5.74) is 1.42. The Bertz CT molecular complexity index is 728. The van der Waals surface area contributed by atoms with Gasteiger partial charge in [-0.25, -0.2) is 4.39 Å². The molecular weight excluding hydrogens is 337 g/mol. The highest BCUT2D eigenvalue weighted by Crippen LogP contribution is 2.16. The summed E-state index contributed by atoms with van der Waals surface area (Å²) in [6.07, 6.45) is -0.374. The molecule has 0 aliphatic heterocycles. The molecule has 6 heteroatoms. The van der Waals surface area contributed by atoms with Gasteiger partial charge < -0.3 is 14.8 Å². The highest BCUT2D eigenvalue weighted by Gasteiger charge is 2.18. The molecule has 0 unspecified atom stereocenters. The van der Waals surface area contributed by atoms with E-state index in [1.54, 1.807) is 36.4 Å². The summed E-state index contributed by atoms with van der Waals surface area (Å²) < 4.78 is 23.3. The summed E-state index contributed by atoms with van der Waals surface area (Å²) in [4.78, 5) is 24.0. The highest BCUT2D eigenvalue weighted by molar-refractivity contribution is 5.95. The molecule has 1 amide bonds. The summed E-state index contributed by atoms with van der Waals surface area (Å²) in [5, 5.41) is 2.68. The second-order valence-corrected chi connectivity index (χ2v) is 5.71. The fraction of sp³-hybridized carbons (Fsp3) is 0.300. The lowest BCUT2D eigenvalue weighted by Crippen LogP contribution is -2.30. The van der Waals surface area contributed by atoms with Gasteiger partial charge in [0.1, 0.15) is 11.6 Å². The molecule has 1 N–H and O–H groups in total. The van der Waals surface area contributed by atoms with Gasteiger partial charge in [-0.15, -0.1) is 0 Å². The first-order chi connectivity index (χ1) is 12.5. The molecule has 26 heavy (non-hydrogen) atoms. The van der Waals surface area contributed by atoms with Crippen LogP contribution in [0, 0.1) is 5.82 Å². The van der Waals surface area contributed by atoms with E-state index in [-0.39, 0.29) is 12.2 Å². The van der Waals surface area contributed by atoms with Crippen molar-refractivity contribution >= 4 is 17.6 Å². The van der Waals surface area contributed by atoms with Gasteiger partial charge in [0.15, 0.2) is 6.10 Å². The van der Waals surface area contributed by atoms with Crippen molar-refractivity contribution in [3.05, 3.63) is 59.9 Å². The number of carbonyl (C=O) groups is 2. The topological polar surface area (TPSA) is 64.6 Å². The summed E-state index contributed by atoms with van der Waals surface area (Å²) >= 11 is 0. The number of halogens is 1. The number of benzene rings is 2. The number of rotatable bonds is 8. The van der Waals surface area contributed by atoms with E-state index in [4.69, 9.17) is 9.47 Å². The Morgan fingerprint density at radius 2 is 1.73 bits per heavy atom. The Balaban J connectivity index is 1.78. The SMILES string of the molecule is CCOc1ccc(NC(=O)[C@@H](C)OC(=O)CCc2ccc(F)cc2)cc1. The molecule has 0 bridgehead atoms. The van der Waals surface area contributed by atoms with Gasteiger partial charge >= 0.3 is 5.97 Å². The molecule has 2 aromatic rings. The number of hydrogen-bond acceptors (Lipinski definition) is 4. The molecule has 0 radical (unpaired) electrons. The van der Waals surface area contributed by atoms with Gasteiger partial charge in [-0.2, -0.15) is 0 Å². The maximum Gasteiger partial charge on any atom is 0.306 e. The van der Waals surface area contributed by atoms with Gasteiger partial charge in [0, 0.05) is 12.1 Å². The van der Waals surface area contributed by atoms with E-state index >= 15 is 0 Å². The first-order valence-electron chi connectivity index (χ1n) is 8.45. The third kappa shape index (κ3) is 6.20. The van der Waals surface area contributed by atoms with E-state index in [0.717, 1.165) is 5.56 Å². The molecule has 2 aromatic carbocycles. The summed E-state index contributed by atoms with van der Waals surface area (Å²) in [5.74, 6) is -0.505. The van der Waals surface area contributed by atoms with Crippen molar-refractivity contribution in [1.82, 2.24) is 0 Å². The van der Waals surface area contributed by atoms with Crippen molar-refractivity contribution in [2.24, 2.45) is 0 Å². The first-order valence-corrected chi connectivity index (χ1v) is 8.45. The van der Waals surface area contributed by atoms with E-state index in [0.29, 0.717) is 24.5 Å². The molecule has 0 aliphatic rings. The maximum atomic E-state index is 12.8. The van der Waals surface area contributed by atoms with Crippen LogP contribution >= 0.6 is 0 Å². The van der Waals surface area contributed by atoms with Crippen molar-refractivity contribution < 1.29 is 23.5 Å². The maximum absolute atomic E-state index is 12.8. The Morgan fingerprint density at radius 1 is 1.08 bits per heavy atom. The van der Waals surface area contributed by atoms with Gasteiger partial charge in [0.2, 0.25) is 0 Å². The molecule has 2 rings (SSSR count). The van der Waals surface area contributed by atoms with Gasteiger partial charge in [-0.05, 0) is 62.2 Å². The van der Waals surface area contributed by atoms with Crippen LogP contribution < -0.4 is 10.1 Å². The second-order valence-electron chi connectivity index (χ2n) is 5.71. The van der Waals surface area contributed by atoms with Crippen molar-refractivity contribution in [2.75, 3.05) is 11.9 Å². The van der Waals surface area contributed by atoms with Gasteiger partial charge in [-0.3, -0.25) is 9.59 Å². The zero-order chi connectivity index (χ0) is 18.9. The third-order valence-electron chi connectivity index (χ3n) is 3.64. The highest BCUT2D eigenvalue weighted by atomic mass is 19.1. The fourth-order valence-corrected chi connectivity index (χ4v) is 2.25. The smallest absolute Gasteiger partial charge is 0.306 e. The van der Waals surface area contributed by atoms with Crippen LogP contribution in [-0.4, -0.2) is 24.6 Å². The molecule has 0 fully saturated rings. The molecule has 138 valence electrons. The lowest BCUT2D eigenvalue weighted by Gasteiger charge is -2.14. The Labute approximate surface area is 152 Å². The summed E-state index contributed by atoms with van der Waals surface area (Å²) in [7, 11) is 0. The predicted molar refractivity (Wildman–Crippen MR) is 96.5 cm³/mol. The average molecular weight is 359 g/mol. The molecule has 0 saturated carbocycles. The molecule has 0 heterocycles. The minimum atomic E-state index is -0.915. The summed E-state index contributed by atoms with van der Waals surface area (Å²) in [6.45, 7) is 3.97. The van der Waals surface area contributed by atoms with Crippen LogP contribution in [0.25, 0.3) is 0 Å². The number of hydrogen-bond donors (Lipinski definition) is 1. The monoisotopic (exact) mass is 359 g/mol. The van der Waals surface area contributed by atoms with Crippen LogP contribution in [0.1, 0.15) is 25.8 Å². The van der Waals surface area contributed by atoms with Crippen molar-refractivity contribution in [1.29, 1.82) is 0 Å². The molecule has 0 spiro atoms. The van der Waals surface area contributed by atoms with E-state index in [2.05, 4.69) is 5.32 Å². The fourth-order valence-electron chi connectivity index (χ4n) is 2.25. The van der Waals surface area contributed by atoms with Crippen LogP contribution in [0.15, 0.2) is 48.5 Å². The number of ether oxygens (including phenoxy) is 2. The van der Waals surface area contributed by atoms with Crippen LogP contribution in [0.4, 0.5) is 10.1 Å². The van der Waals surface area contributed by atoms with Crippen molar-refractivity contribution in [3.63, 3.8) is 0 Å². The van der Waals surface area contributed by atoms with Gasteiger partial charge in [0.05, 0.1) is 6.61 Å². The third-order valence-corrected chi connectivity index (χ3v) is 3.64. The van der Waals surface area contributed by atoms with Gasteiger partial charge in [0.25, 0.3) is 5.91 Å². The largest absolute Gasteiger partial charge is 0.494 e. The van der Waals surface area contributed by atoms with Crippen LogP contribution in [0.2, 0.25) is 0 Å². The average Bonchev–Trinajstić information content (AvgIpc) is 2.63. The van der Waals surface area contributed by atoms with E-state index in [1.165, 1.54) is 19.1 Å². The second kappa shape index (κ2) is 9.56. The Kier molecular flexibility index (Phi) is 7.14. The Morgan fingerprint density at radius 3 is 2.35 bits per heavy atom. The summed E-state index contributed by atoms with van der Waals surface area (Å²) in [6, 6.07) is 12.8. The number of esters is 1. The number of aryl methyl sites for hydroxylation is 1. The Hall–Kier alpha value is -2.89. The quantitative estimate of drug-likeness (QED) is 0.730. The lowest BCUT2D eigenvalue weighted by molar-refractivity contribution is -0.153. The zero-order valence-corrected chi connectivity index (χ0v) is 14.8.